The van der Waals surface area contributed by atoms with Crippen LogP contribution in [0.5, 0.6) is 0 Å². The van der Waals surface area contributed by atoms with Crippen molar-refractivity contribution >= 4 is 44.8 Å². The van der Waals surface area contributed by atoms with E-state index in [-0.39, 0.29) is 17.9 Å². The Morgan fingerprint density at radius 2 is 1.24 bits per heavy atom. The number of nitrogens with one attached hydrogen (secondary N) is 2. The Balaban J connectivity index is 1.09. The standard InChI is InChI=1S/C25H26N6O4S2/c1-17(35-15-13-21-29-31-25(37-21)27-23(33)19-10-6-3-7-11-19)16-34-14-12-20-28-30-24(36-20)26-22(32)18-8-4-2-5-9-18/h2-11,17H,12-16H2,1H3,(H,26,30,32)(H,27,31,33)/t17-/m1/s1. The highest BCUT2D eigenvalue weighted by Crippen LogP contribution is 2.18. The van der Waals surface area contributed by atoms with Crippen LogP contribution in [-0.4, -0.2) is 58.1 Å². The van der Waals surface area contributed by atoms with Crippen molar-refractivity contribution < 1.29 is 19.1 Å². The van der Waals surface area contributed by atoms with Gasteiger partial charge in [0.25, 0.3) is 11.8 Å². The minimum Gasteiger partial charge on any atom is -0.378 e. The Labute approximate surface area is 222 Å². The Bertz CT molecular complexity index is 1280. The summed E-state index contributed by atoms with van der Waals surface area (Å²) in [6.45, 7) is 3.31. The van der Waals surface area contributed by atoms with E-state index in [1.54, 1.807) is 24.3 Å². The monoisotopic (exact) mass is 538 g/mol. The molecule has 0 radical (unpaired) electrons. The van der Waals surface area contributed by atoms with Gasteiger partial charge in [-0.15, -0.1) is 20.4 Å². The molecule has 10 nitrogen and oxygen atoms in total. The Kier molecular flexibility index (Phi) is 9.77. The second-order valence-electron chi connectivity index (χ2n) is 7.90. The van der Waals surface area contributed by atoms with Crippen LogP contribution in [0, 0.1) is 0 Å². The molecule has 0 unspecified atom stereocenters. The Morgan fingerprint density at radius 3 is 1.76 bits per heavy atom. The van der Waals surface area contributed by atoms with Crippen molar-refractivity contribution in [3.8, 4) is 0 Å². The summed E-state index contributed by atoms with van der Waals surface area (Å²) in [5.41, 5.74) is 1.13. The van der Waals surface area contributed by atoms with Crippen LogP contribution in [0.25, 0.3) is 0 Å². The molecule has 2 amide bonds. The molecule has 4 aromatic rings. The molecule has 37 heavy (non-hydrogen) atoms. The van der Waals surface area contributed by atoms with Crippen molar-refractivity contribution in [2.75, 3.05) is 30.5 Å². The van der Waals surface area contributed by atoms with Gasteiger partial charge in [-0.05, 0) is 31.2 Å². The number of carbonyl (C=O) groups excluding carboxylic acids is 2. The molecule has 0 fully saturated rings. The summed E-state index contributed by atoms with van der Waals surface area (Å²) in [7, 11) is 0. The van der Waals surface area contributed by atoms with E-state index in [0.29, 0.717) is 54.1 Å². The number of ether oxygens (including phenoxy) is 2. The first-order valence-corrected chi connectivity index (χ1v) is 13.3. The highest BCUT2D eigenvalue weighted by atomic mass is 32.1. The number of amides is 2. The van der Waals surface area contributed by atoms with E-state index in [1.807, 2.05) is 43.3 Å². The van der Waals surface area contributed by atoms with Gasteiger partial charge in [0.05, 0.1) is 25.9 Å². The lowest BCUT2D eigenvalue weighted by Gasteiger charge is -2.12. The predicted octanol–water partition coefficient (Wildman–Crippen LogP) is 4.10. The Morgan fingerprint density at radius 1 is 0.757 bits per heavy atom. The molecule has 1 atom stereocenters. The molecular formula is C25H26N6O4S2. The minimum absolute atomic E-state index is 0.0969. The molecule has 0 bridgehead atoms. The van der Waals surface area contributed by atoms with E-state index in [9.17, 15) is 9.59 Å². The number of anilines is 2. The van der Waals surface area contributed by atoms with Crippen LogP contribution in [0.1, 0.15) is 37.7 Å². The average molecular weight is 539 g/mol. The smallest absolute Gasteiger partial charge is 0.257 e. The summed E-state index contributed by atoms with van der Waals surface area (Å²) in [6, 6.07) is 17.9. The van der Waals surface area contributed by atoms with Gasteiger partial charge in [-0.3, -0.25) is 20.2 Å². The SMILES string of the molecule is C[C@H](COCCc1nnc(NC(=O)c2ccccc2)s1)OCCc1nnc(NC(=O)c2ccccc2)s1. The summed E-state index contributed by atoms with van der Waals surface area (Å²) in [5, 5.41) is 24.3. The van der Waals surface area contributed by atoms with Crippen molar-refractivity contribution in [1.29, 1.82) is 0 Å². The van der Waals surface area contributed by atoms with Crippen LogP contribution in [0.15, 0.2) is 60.7 Å². The van der Waals surface area contributed by atoms with Gasteiger partial charge in [0.1, 0.15) is 10.0 Å². The number of aromatic nitrogens is 4. The van der Waals surface area contributed by atoms with E-state index in [4.69, 9.17) is 9.47 Å². The lowest BCUT2D eigenvalue weighted by molar-refractivity contribution is -0.00472. The van der Waals surface area contributed by atoms with Crippen LogP contribution >= 0.6 is 22.7 Å². The summed E-state index contributed by atoms with van der Waals surface area (Å²) in [5.74, 6) is -0.431. The van der Waals surface area contributed by atoms with Crippen LogP contribution in [-0.2, 0) is 22.3 Å². The first kappa shape index (κ1) is 26.5. The summed E-state index contributed by atoms with van der Waals surface area (Å²) in [6.07, 6.45) is 1.08. The molecule has 4 rings (SSSR count). The van der Waals surface area contributed by atoms with Crippen LogP contribution in [0.3, 0.4) is 0 Å². The molecule has 2 aromatic heterocycles. The van der Waals surface area contributed by atoms with Gasteiger partial charge in [-0.25, -0.2) is 0 Å². The third-order valence-corrected chi connectivity index (χ3v) is 6.77. The van der Waals surface area contributed by atoms with E-state index >= 15 is 0 Å². The fourth-order valence-electron chi connectivity index (χ4n) is 3.13. The first-order valence-electron chi connectivity index (χ1n) is 11.6. The van der Waals surface area contributed by atoms with Gasteiger partial charge in [-0.1, -0.05) is 59.1 Å². The molecule has 0 saturated heterocycles. The third-order valence-electron chi connectivity index (χ3n) is 4.98. The van der Waals surface area contributed by atoms with Crippen molar-refractivity contribution in [2.45, 2.75) is 25.9 Å². The van der Waals surface area contributed by atoms with E-state index in [1.165, 1.54) is 22.7 Å². The maximum absolute atomic E-state index is 12.2. The quantitative estimate of drug-likeness (QED) is 0.244. The van der Waals surface area contributed by atoms with Gasteiger partial charge < -0.3 is 9.47 Å². The molecule has 2 N–H and O–H groups in total. The number of carbonyl (C=O) groups is 2. The highest BCUT2D eigenvalue weighted by molar-refractivity contribution is 7.15. The van der Waals surface area contributed by atoms with Gasteiger partial charge in [0.2, 0.25) is 10.3 Å². The van der Waals surface area contributed by atoms with Crippen molar-refractivity contribution in [1.82, 2.24) is 20.4 Å². The normalized spacial score (nSPS) is 11.7. The zero-order valence-corrected chi connectivity index (χ0v) is 21.8. The highest BCUT2D eigenvalue weighted by Gasteiger charge is 2.12. The topological polar surface area (TPSA) is 128 Å². The number of hydrogen-bond donors (Lipinski definition) is 2. The molecule has 0 spiro atoms. The maximum atomic E-state index is 12.2. The van der Waals surface area contributed by atoms with Gasteiger partial charge in [0.15, 0.2) is 0 Å². The molecule has 2 heterocycles. The van der Waals surface area contributed by atoms with Crippen molar-refractivity contribution in [3.05, 3.63) is 81.8 Å². The molecule has 2 aromatic carbocycles. The second-order valence-corrected chi connectivity index (χ2v) is 10.0. The molecule has 12 heteroatoms. The molecule has 0 saturated carbocycles. The number of rotatable bonds is 13. The van der Waals surface area contributed by atoms with Gasteiger partial charge in [0, 0.05) is 24.0 Å². The fourth-order valence-corrected chi connectivity index (χ4v) is 4.56. The van der Waals surface area contributed by atoms with Crippen molar-refractivity contribution in [2.24, 2.45) is 0 Å². The number of benzene rings is 2. The zero-order chi connectivity index (χ0) is 25.9. The Hall–Kier alpha value is -3.58. The summed E-state index contributed by atoms with van der Waals surface area (Å²) in [4.78, 5) is 24.4. The number of hydrogen-bond acceptors (Lipinski definition) is 10. The van der Waals surface area contributed by atoms with Gasteiger partial charge >= 0.3 is 0 Å². The lowest BCUT2D eigenvalue weighted by atomic mass is 10.2. The second kappa shape index (κ2) is 13.7. The largest absolute Gasteiger partial charge is 0.378 e. The number of nitrogens with zero attached hydrogens (tertiary/aromatic N) is 4. The van der Waals surface area contributed by atoms with E-state index < -0.39 is 0 Å². The van der Waals surface area contributed by atoms with Crippen LogP contribution in [0.4, 0.5) is 10.3 Å². The predicted molar refractivity (Wildman–Crippen MR) is 142 cm³/mol. The molecule has 0 aliphatic rings. The average Bonchev–Trinajstić information content (AvgIpc) is 3.56. The first-order chi connectivity index (χ1) is 18.1. The fraction of sp³-hybridized carbons (Fsp3) is 0.280. The lowest BCUT2D eigenvalue weighted by Crippen LogP contribution is -2.18. The minimum atomic E-state index is -0.216. The summed E-state index contributed by atoms with van der Waals surface area (Å²) < 4.78 is 11.5. The van der Waals surface area contributed by atoms with E-state index in [2.05, 4.69) is 31.0 Å². The summed E-state index contributed by atoms with van der Waals surface area (Å²) >= 11 is 2.65. The van der Waals surface area contributed by atoms with Crippen molar-refractivity contribution in [3.63, 3.8) is 0 Å². The molecule has 0 aliphatic heterocycles. The van der Waals surface area contributed by atoms with Crippen LogP contribution < -0.4 is 10.6 Å². The third kappa shape index (κ3) is 8.50. The molecular weight excluding hydrogens is 512 g/mol. The zero-order valence-electron chi connectivity index (χ0n) is 20.1. The maximum Gasteiger partial charge on any atom is 0.257 e. The molecule has 192 valence electrons. The van der Waals surface area contributed by atoms with Crippen LogP contribution in [0.2, 0.25) is 0 Å². The van der Waals surface area contributed by atoms with E-state index in [0.717, 1.165) is 10.0 Å². The molecule has 0 aliphatic carbocycles. The van der Waals surface area contributed by atoms with Gasteiger partial charge in [-0.2, -0.15) is 0 Å².